The van der Waals surface area contributed by atoms with E-state index >= 15 is 0 Å². The van der Waals surface area contributed by atoms with Crippen LogP contribution in [0, 0.1) is 0 Å². The Morgan fingerprint density at radius 2 is 2.00 bits per heavy atom. The molecule has 0 unspecified atom stereocenters. The van der Waals surface area contributed by atoms with E-state index in [-0.39, 0.29) is 0 Å². The van der Waals surface area contributed by atoms with Crippen LogP contribution < -0.4 is 0 Å². The van der Waals surface area contributed by atoms with Crippen LogP contribution in [0.5, 0.6) is 0 Å². The maximum Gasteiger partial charge on any atom is 0.0771 e. The zero-order chi connectivity index (χ0) is 5.86. The Kier molecular flexibility index (Phi) is 2.92. The fourth-order valence-electron chi connectivity index (χ4n) is 0.316. The average Bonchev–Trinajstić information content (AvgIpc) is 1.65. The van der Waals surface area contributed by atoms with E-state index in [1.165, 1.54) is 0 Å². The van der Waals surface area contributed by atoms with Crippen LogP contribution in [0.2, 0.25) is 0 Å². The van der Waals surface area contributed by atoms with Crippen molar-refractivity contribution in [3.05, 3.63) is 0 Å². The van der Waals surface area contributed by atoms with E-state index in [4.69, 9.17) is 12.2 Å². The van der Waals surface area contributed by atoms with Gasteiger partial charge in [0.15, 0.2) is 0 Å². The van der Waals surface area contributed by atoms with Gasteiger partial charge in [-0.05, 0) is 6.42 Å². The van der Waals surface area contributed by atoms with E-state index in [1.54, 1.807) is 0 Å². The molecule has 1 nitrogen and oxygen atoms in total. The largest absolute Gasteiger partial charge is 0.372 e. The molecule has 0 aromatic heterocycles. The third kappa shape index (κ3) is 2.57. The lowest BCUT2D eigenvalue weighted by molar-refractivity contribution is 0.622. The minimum Gasteiger partial charge on any atom is -0.372 e. The maximum atomic E-state index is 4.91. The SMILES string of the molecule is CCC(=S)N(C)C. The monoisotopic (exact) mass is 117 g/mol. The van der Waals surface area contributed by atoms with Gasteiger partial charge in [0.25, 0.3) is 0 Å². The Balaban J connectivity index is 3.35. The molecule has 0 amide bonds. The quantitative estimate of drug-likeness (QED) is 0.476. The van der Waals surface area contributed by atoms with Crippen LogP contribution in [0.3, 0.4) is 0 Å². The number of hydrogen-bond donors (Lipinski definition) is 0. The molecule has 0 atom stereocenters. The minimum absolute atomic E-state index is 0.975. The number of hydrogen-bond acceptors (Lipinski definition) is 1. The summed E-state index contributed by atoms with van der Waals surface area (Å²) in [5.41, 5.74) is 0. The summed E-state index contributed by atoms with van der Waals surface area (Å²) in [4.78, 5) is 2.97. The van der Waals surface area contributed by atoms with Gasteiger partial charge in [-0.2, -0.15) is 0 Å². The van der Waals surface area contributed by atoms with Crippen molar-refractivity contribution in [2.75, 3.05) is 14.1 Å². The second-order valence-electron chi connectivity index (χ2n) is 1.64. The molecule has 0 N–H and O–H groups in total. The summed E-state index contributed by atoms with van der Waals surface area (Å²) < 4.78 is 0. The van der Waals surface area contributed by atoms with Crippen molar-refractivity contribution in [3.8, 4) is 0 Å². The topological polar surface area (TPSA) is 3.24 Å². The highest BCUT2D eigenvalue weighted by molar-refractivity contribution is 7.80. The van der Waals surface area contributed by atoms with Crippen molar-refractivity contribution in [2.45, 2.75) is 13.3 Å². The first-order chi connectivity index (χ1) is 3.18. The van der Waals surface area contributed by atoms with Gasteiger partial charge in [0.1, 0.15) is 0 Å². The molecule has 0 spiro atoms. The normalized spacial score (nSPS) is 8.43. The van der Waals surface area contributed by atoms with Gasteiger partial charge in [-0.1, -0.05) is 19.1 Å². The van der Waals surface area contributed by atoms with Crippen molar-refractivity contribution in [2.24, 2.45) is 0 Å². The summed E-state index contributed by atoms with van der Waals surface area (Å²) >= 11 is 4.91. The lowest BCUT2D eigenvalue weighted by atomic mass is 10.5. The lowest BCUT2D eigenvalue weighted by Gasteiger charge is -2.09. The van der Waals surface area contributed by atoms with Gasteiger partial charge in [0.05, 0.1) is 4.99 Å². The molecule has 0 saturated carbocycles. The summed E-state index contributed by atoms with van der Waals surface area (Å²) in [5, 5.41) is 0. The van der Waals surface area contributed by atoms with Crippen LogP contribution in [-0.2, 0) is 0 Å². The van der Waals surface area contributed by atoms with Crippen LogP contribution in [-0.4, -0.2) is 24.0 Å². The average molecular weight is 117 g/mol. The highest BCUT2D eigenvalue weighted by Crippen LogP contribution is 1.86. The number of thiocarbonyl (C=S) groups is 1. The zero-order valence-electron chi connectivity index (χ0n) is 5.06. The van der Waals surface area contributed by atoms with Crippen LogP contribution in [0.25, 0.3) is 0 Å². The Morgan fingerprint density at radius 1 is 1.57 bits per heavy atom. The molecule has 0 radical (unpaired) electrons. The summed E-state index contributed by atoms with van der Waals surface area (Å²) in [5.74, 6) is 0. The standard InChI is InChI=1S/C5H11NS/c1-4-5(7)6(2)3/h4H2,1-3H3. The van der Waals surface area contributed by atoms with E-state index in [0.29, 0.717) is 0 Å². The van der Waals surface area contributed by atoms with Crippen LogP contribution in [0.4, 0.5) is 0 Å². The third-order valence-corrected chi connectivity index (χ3v) is 1.46. The van der Waals surface area contributed by atoms with E-state index in [0.717, 1.165) is 11.4 Å². The summed E-state index contributed by atoms with van der Waals surface area (Å²) in [6.07, 6.45) is 0.975. The van der Waals surface area contributed by atoms with Gasteiger partial charge in [-0.3, -0.25) is 0 Å². The molecule has 0 aliphatic carbocycles. The first kappa shape index (κ1) is 6.89. The van der Waals surface area contributed by atoms with Crippen molar-refractivity contribution in [1.82, 2.24) is 4.90 Å². The third-order valence-electron chi connectivity index (χ3n) is 0.801. The Bertz CT molecular complexity index is 68.5. The van der Waals surface area contributed by atoms with Crippen molar-refractivity contribution in [1.29, 1.82) is 0 Å². The van der Waals surface area contributed by atoms with E-state index in [1.807, 2.05) is 19.0 Å². The van der Waals surface area contributed by atoms with Gasteiger partial charge in [-0.15, -0.1) is 0 Å². The van der Waals surface area contributed by atoms with E-state index in [2.05, 4.69) is 6.92 Å². The van der Waals surface area contributed by atoms with Gasteiger partial charge in [-0.25, -0.2) is 0 Å². The zero-order valence-corrected chi connectivity index (χ0v) is 5.88. The number of rotatable bonds is 1. The van der Waals surface area contributed by atoms with Crippen molar-refractivity contribution >= 4 is 17.2 Å². The fourth-order valence-corrected chi connectivity index (χ4v) is 0.316. The minimum atomic E-state index is 0.975. The highest BCUT2D eigenvalue weighted by Gasteiger charge is 1.89. The molecule has 2 heteroatoms. The molecule has 42 valence electrons. The molecule has 0 heterocycles. The van der Waals surface area contributed by atoms with Gasteiger partial charge in [0, 0.05) is 14.1 Å². The molecule has 0 fully saturated rings. The first-order valence-electron chi connectivity index (χ1n) is 2.38. The lowest BCUT2D eigenvalue weighted by Crippen LogP contribution is -2.17. The second kappa shape index (κ2) is 2.97. The van der Waals surface area contributed by atoms with Crippen LogP contribution in [0.15, 0.2) is 0 Å². The molecular weight excluding hydrogens is 106 g/mol. The molecule has 0 aliphatic heterocycles. The summed E-state index contributed by atoms with van der Waals surface area (Å²) in [6, 6.07) is 0. The molecule has 7 heavy (non-hydrogen) atoms. The molecular formula is C5H11NS. The second-order valence-corrected chi connectivity index (χ2v) is 2.11. The summed E-state index contributed by atoms with van der Waals surface area (Å²) in [7, 11) is 3.93. The van der Waals surface area contributed by atoms with Gasteiger partial charge >= 0.3 is 0 Å². The Morgan fingerprint density at radius 3 is 2.00 bits per heavy atom. The molecule has 0 bridgehead atoms. The molecule has 0 aromatic carbocycles. The molecule has 0 aliphatic rings. The summed E-state index contributed by atoms with van der Waals surface area (Å²) in [6.45, 7) is 2.06. The smallest absolute Gasteiger partial charge is 0.0771 e. The maximum absolute atomic E-state index is 4.91. The molecule has 0 aromatic rings. The molecule has 0 saturated heterocycles. The number of nitrogens with zero attached hydrogens (tertiary/aromatic N) is 1. The van der Waals surface area contributed by atoms with Crippen molar-refractivity contribution in [3.63, 3.8) is 0 Å². The van der Waals surface area contributed by atoms with Crippen LogP contribution >= 0.6 is 12.2 Å². The van der Waals surface area contributed by atoms with Crippen molar-refractivity contribution < 1.29 is 0 Å². The van der Waals surface area contributed by atoms with E-state index < -0.39 is 0 Å². The Labute approximate surface area is 50.3 Å². The van der Waals surface area contributed by atoms with Crippen LogP contribution in [0.1, 0.15) is 13.3 Å². The van der Waals surface area contributed by atoms with Gasteiger partial charge in [0.2, 0.25) is 0 Å². The molecule has 0 rings (SSSR count). The first-order valence-corrected chi connectivity index (χ1v) is 2.79. The van der Waals surface area contributed by atoms with E-state index in [9.17, 15) is 0 Å². The van der Waals surface area contributed by atoms with Gasteiger partial charge < -0.3 is 4.90 Å². The predicted molar refractivity (Wildman–Crippen MR) is 36.6 cm³/mol. The predicted octanol–water partition coefficient (Wildman–Crippen LogP) is 1.29. The fraction of sp³-hybridized carbons (Fsp3) is 0.800. The highest BCUT2D eigenvalue weighted by atomic mass is 32.1. The Hall–Kier alpha value is -0.110.